The predicted molar refractivity (Wildman–Crippen MR) is 66.9 cm³/mol. The summed E-state index contributed by atoms with van der Waals surface area (Å²) in [6, 6.07) is 6.36. The third-order valence-electron chi connectivity index (χ3n) is 2.88. The Labute approximate surface area is 96.2 Å². The Morgan fingerprint density at radius 3 is 2.75 bits per heavy atom. The molecule has 3 heteroatoms. The van der Waals surface area contributed by atoms with Gasteiger partial charge in [0.25, 0.3) is 0 Å². The molecule has 0 saturated carbocycles. The number of carbonyl (C=O) groups is 1. The number of rotatable bonds is 1. The van der Waals surface area contributed by atoms with Crippen molar-refractivity contribution in [2.24, 2.45) is 0 Å². The Kier molecular flexibility index (Phi) is 2.86. The molecule has 0 bridgehead atoms. The molecule has 1 heterocycles. The second kappa shape index (κ2) is 4.16. The van der Waals surface area contributed by atoms with E-state index in [0.717, 1.165) is 11.4 Å². The van der Waals surface area contributed by atoms with E-state index in [-0.39, 0.29) is 11.9 Å². The molecule has 0 saturated heterocycles. The molecule has 0 aliphatic carbocycles. The van der Waals surface area contributed by atoms with Crippen LogP contribution < -0.4 is 10.6 Å². The summed E-state index contributed by atoms with van der Waals surface area (Å²) >= 11 is 0. The van der Waals surface area contributed by atoms with Gasteiger partial charge in [-0.2, -0.15) is 0 Å². The first kappa shape index (κ1) is 11.0. The molecule has 86 valence electrons. The van der Waals surface area contributed by atoms with Gasteiger partial charge in [-0.15, -0.1) is 0 Å². The molecule has 0 fully saturated rings. The number of amides is 1. The van der Waals surface area contributed by atoms with Gasteiger partial charge in [-0.05, 0) is 30.5 Å². The molecule has 3 nitrogen and oxygen atoms in total. The van der Waals surface area contributed by atoms with E-state index in [2.05, 4.69) is 36.6 Å². The molecule has 16 heavy (non-hydrogen) atoms. The van der Waals surface area contributed by atoms with Crippen LogP contribution in [0.3, 0.4) is 0 Å². The number of nitrogens with one attached hydrogen (secondary N) is 2. The van der Waals surface area contributed by atoms with Crippen LogP contribution in [0, 0.1) is 0 Å². The fourth-order valence-corrected chi connectivity index (χ4v) is 1.95. The summed E-state index contributed by atoms with van der Waals surface area (Å²) in [5, 5.41) is 6.28. The molecule has 1 atom stereocenters. The van der Waals surface area contributed by atoms with Crippen LogP contribution in [0.25, 0.3) is 0 Å². The zero-order valence-electron chi connectivity index (χ0n) is 10.0. The van der Waals surface area contributed by atoms with E-state index in [1.54, 1.807) is 0 Å². The summed E-state index contributed by atoms with van der Waals surface area (Å²) in [7, 11) is 0. The quantitative estimate of drug-likeness (QED) is 0.761. The van der Waals surface area contributed by atoms with Gasteiger partial charge in [0.2, 0.25) is 5.91 Å². The Hall–Kier alpha value is -1.51. The summed E-state index contributed by atoms with van der Waals surface area (Å²) in [4.78, 5) is 11.5. The van der Waals surface area contributed by atoms with Gasteiger partial charge in [-0.25, -0.2) is 0 Å². The van der Waals surface area contributed by atoms with E-state index in [9.17, 15) is 4.79 Å². The van der Waals surface area contributed by atoms with Crippen molar-refractivity contribution in [1.29, 1.82) is 0 Å². The number of hydrogen-bond donors (Lipinski definition) is 2. The van der Waals surface area contributed by atoms with Crippen molar-refractivity contribution in [2.45, 2.75) is 39.2 Å². The van der Waals surface area contributed by atoms with Gasteiger partial charge in [-0.1, -0.05) is 19.9 Å². The Morgan fingerprint density at radius 1 is 1.31 bits per heavy atom. The van der Waals surface area contributed by atoms with E-state index in [0.29, 0.717) is 12.3 Å². The molecule has 1 aromatic carbocycles. The highest BCUT2D eigenvalue weighted by Crippen LogP contribution is 2.29. The van der Waals surface area contributed by atoms with Crippen molar-refractivity contribution in [2.75, 3.05) is 10.6 Å². The van der Waals surface area contributed by atoms with Crippen LogP contribution >= 0.6 is 0 Å². The summed E-state index contributed by atoms with van der Waals surface area (Å²) in [6.45, 7) is 6.36. The van der Waals surface area contributed by atoms with Gasteiger partial charge in [0.05, 0.1) is 11.4 Å². The molecular weight excluding hydrogens is 200 g/mol. The lowest BCUT2D eigenvalue weighted by atomic mass is 10.0. The molecule has 1 aliphatic heterocycles. The van der Waals surface area contributed by atoms with Crippen LogP contribution in [-0.4, -0.2) is 11.9 Å². The van der Waals surface area contributed by atoms with Gasteiger partial charge in [0, 0.05) is 12.5 Å². The van der Waals surface area contributed by atoms with Crippen molar-refractivity contribution in [3.05, 3.63) is 23.8 Å². The molecule has 1 unspecified atom stereocenters. The minimum absolute atomic E-state index is 0.0797. The molecule has 2 N–H and O–H groups in total. The monoisotopic (exact) mass is 218 g/mol. The molecule has 1 amide bonds. The fourth-order valence-electron chi connectivity index (χ4n) is 1.95. The van der Waals surface area contributed by atoms with E-state index in [1.165, 1.54) is 5.56 Å². The smallest absolute Gasteiger partial charge is 0.226 e. The average Bonchev–Trinajstić information content (AvgIpc) is 2.32. The fraction of sp³-hybridized carbons (Fsp3) is 0.462. The van der Waals surface area contributed by atoms with Crippen LogP contribution in [0.15, 0.2) is 18.2 Å². The Balaban J connectivity index is 2.38. The van der Waals surface area contributed by atoms with E-state index in [4.69, 9.17) is 0 Å². The zero-order valence-corrected chi connectivity index (χ0v) is 10.0. The lowest BCUT2D eigenvalue weighted by Crippen LogP contribution is -2.18. The van der Waals surface area contributed by atoms with Gasteiger partial charge in [0.15, 0.2) is 0 Å². The first-order valence-corrected chi connectivity index (χ1v) is 5.76. The molecule has 0 radical (unpaired) electrons. The van der Waals surface area contributed by atoms with Crippen molar-refractivity contribution < 1.29 is 4.79 Å². The van der Waals surface area contributed by atoms with Crippen LogP contribution in [0.4, 0.5) is 11.4 Å². The highest BCUT2D eigenvalue weighted by molar-refractivity contribution is 5.96. The SMILES string of the molecule is CC1CC(=O)Nc2ccc(C(C)C)cc2N1. The highest BCUT2D eigenvalue weighted by atomic mass is 16.1. The lowest BCUT2D eigenvalue weighted by Gasteiger charge is -2.14. The molecule has 1 aromatic rings. The zero-order chi connectivity index (χ0) is 11.7. The molecule has 2 rings (SSSR count). The Morgan fingerprint density at radius 2 is 2.06 bits per heavy atom. The lowest BCUT2D eigenvalue weighted by molar-refractivity contribution is -0.116. The second-order valence-corrected chi connectivity index (χ2v) is 4.76. The summed E-state index contributed by atoms with van der Waals surface area (Å²) in [5.74, 6) is 0.581. The maximum absolute atomic E-state index is 11.5. The van der Waals surface area contributed by atoms with E-state index >= 15 is 0 Å². The van der Waals surface area contributed by atoms with Crippen LogP contribution in [0.2, 0.25) is 0 Å². The first-order valence-electron chi connectivity index (χ1n) is 5.76. The molecule has 1 aliphatic rings. The van der Waals surface area contributed by atoms with Gasteiger partial charge >= 0.3 is 0 Å². The summed E-state index contributed by atoms with van der Waals surface area (Å²) in [5.41, 5.74) is 3.21. The largest absolute Gasteiger partial charge is 0.380 e. The minimum Gasteiger partial charge on any atom is -0.380 e. The number of fused-ring (bicyclic) bond motifs is 1. The van der Waals surface area contributed by atoms with E-state index in [1.807, 2.05) is 13.0 Å². The topological polar surface area (TPSA) is 41.1 Å². The second-order valence-electron chi connectivity index (χ2n) is 4.76. The van der Waals surface area contributed by atoms with Crippen molar-refractivity contribution in [1.82, 2.24) is 0 Å². The number of carbonyl (C=O) groups excluding carboxylic acids is 1. The first-order chi connectivity index (χ1) is 7.56. The molecule has 0 aromatic heterocycles. The highest BCUT2D eigenvalue weighted by Gasteiger charge is 2.17. The van der Waals surface area contributed by atoms with Crippen LogP contribution in [-0.2, 0) is 4.79 Å². The Bertz CT molecular complexity index is 412. The number of hydrogen-bond acceptors (Lipinski definition) is 2. The molecule has 0 spiro atoms. The maximum atomic E-state index is 11.5. The van der Waals surface area contributed by atoms with Crippen molar-refractivity contribution >= 4 is 17.3 Å². The predicted octanol–water partition coefficient (Wildman–Crippen LogP) is 2.95. The summed E-state index contributed by atoms with van der Waals surface area (Å²) in [6.07, 6.45) is 0.520. The van der Waals surface area contributed by atoms with Crippen molar-refractivity contribution in [3.63, 3.8) is 0 Å². The average molecular weight is 218 g/mol. The summed E-state index contributed by atoms with van der Waals surface area (Å²) < 4.78 is 0. The third kappa shape index (κ3) is 2.18. The number of anilines is 2. The van der Waals surface area contributed by atoms with Gasteiger partial charge in [-0.3, -0.25) is 4.79 Å². The molecular formula is C13H18N2O. The van der Waals surface area contributed by atoms with E-state index < -0.39 is 0 Å². The standard InChI is InChI=1S/C13H18N2O/c1-8(2)10-4-5-11-12(7-10)14-9(3)6-13(16)15-11/h4-5,7-9,14H,6H2,1-3H3,(H,15,16). The van der Waals surface area contributed by atoms with Crippen molar-refractivity contribution in [3.8, 4) is 0 Å². The number of benzene rings is 1. The van der Waals surface area contributed by atoms with Crippen LogP contribution in [0.1, 0.15) is 38.7 Å². The van der Waals surface area contributed by atoms with Gasteiger partial charge in [0.1, 0.15) is 0 Å². The normalized spacial score (nSPS) is 19.8. The third-order valence-corrected chi connectivity index (χ3v) is 2.88. The maximum Gasteiger partial charge on any atom is 0.226 e. The van der Waals surface area contributed by atoms with Crippen LogP contribution in [0.5, 0.6) is 0 Å². The minimum atomic E-state index is 0.0797. The van der Waals surface area contributed by atoms with Gasteiger partial charge < -0.3 is 10.6 Å².